The SMILES string of the molecule is C[Si](C)(C)OP(=O)(OC(Cl)(Cl)CCl)O[Si](C)(C)C. The van der Waals surface area contributed by atoms with Crippen LogP contribution in [0.25, 0.3) is 0 Å². The Hall–Kier alpha value is 1.41. The summed E-state index contributed by atoms with van der Waals surface area (Å²) in [5.74, 6) is -0.246. The van der Waals surface area contributed by atoms with Crippen LogP contribution >= 0.6 is 42.6 Å². The van der Waals surface area contributed by atoms with E-state index in [0.717, 1.165) is 0 Å². The van der Waals surface area contributed by atoms with Crippen molar-refractivity contribution in [2.24, 2.45) is 0 Å². The van der Waals surface area contributed by atoms with Crippen molar-refractivity contribution in [1.82, 2.24) is 0 Å². The molecule has 0 aromatic carbocycles. The van der Waals surface area contributed by atoms with Gasteiger partial charge in [-0.2, -0.15) is 0 Å². The van der Waals surface area contributed by atoms with Crippen LogP contribution in [-0.4, -0.2) is 27.0 Å². The fraction of sp³-hybridized carbons (Fsp3) is 1.00. The van der Waals surface area contributed by atoms with Gasteiger partial charge in [0.15, 0.2) is 16.6 Å². The van der Waals surface area contributed by atoms with E-state index in [2.05, 4.69) is 0 Å². The van der Waals surface area contributed by atoms with Crippen LogP contribution in [-0.2, 0) is 17.5 Å². The van der Waals surface area contributed by atoms with Gasteiger partial charge in [0.2, 0.25) is 4.52 Å². The van der Waals surface area contributed by atoms with Crippen LogP contribution in [0.15, 0.2) is 0 Å². The summed E-state index contributed by atoms with van der Waals surface area (Å²) in [7, 11) is -8.14. The van der Waals surface area contributed by atoms with Crippen LogP contribution < -0.4 is 0 Å². The van der Waals surface area contributed by atoms with E-state index in [1.54, 1.807) is 0 Å². The van der Waals surface area contributed by atoms with E-state index in [1.165, 1.54) is 0 Å². The summed E-state index contributed by atoms with van der Waals surface area (Å²) in [6, 6.07) is 0. The number of hydrogen-bond donors (Lipinski definition) is 0. The maximum Gasteiger partial charge on any atom is 0.457 e. The minimum absolute atomic E-state index is 0.246. The molecule has 18 heavy (non-hydrogen) atoms. The molecule has 110 valence electrons. The predicted molar refractivity (Wildman–Crippen MR) is 82.7 cm³/mol. The van der Waals surface area contributed by atoms with Crippen LogP contribution in [0.1, 0.15) is 0 Å². The molecule has 0 saturated heterocycles. The molecule has 0 saturated carbocycles. The molecule has 0 amide bonds. The summed E-state index contributed by atoms with van der Waals surface area (Å²) in [6.45, 7) is 11.2. The molecule has 0 aliphatic carbocycles. The molecule has 0 aliphatic heterocycles. The van der Waals surface area contributed by atoms with E-state index in [4.69, 9.17) is 47.8 Å². The molecule has 0 rings (SSSR count). The maximum atomic E-state index is 12.6. The first-order valence-corrected chi connectivity index (χ1v) is 14.9. The maximum absolute atomic E-state index is 12.6. The molecule has 0 aliphatic rings. The van der Waals surface area contributed by atoms with Gasteiger partial charge in [-0.15, -0.1) is 11.6 Å². The van der Waals surface area contributed by atoms with Crippen molar-refractivity contribution in [2.45, 2.75) is 43.8 Å². The number of hydrogen-bond acceptors (Lipinski definition) is 4. The van der Waals surface area contributed by atoms with Crippen LogP contribution in [0.3, 0.4) is 0 Å². The van der Waals surface area contributed by atoms with E-state index in [9.17, 15) is 4.57 Å². The molecule has 0 bridgehead atoms. The second kappa shape index (κ2) is 6.45. The summed E-state index contributed by atoms with van der Waals surface area (Å²) in [4.78, 5) is 0. The highest BCUT2D eigenvalue weighted by Crippen LogP contribution is 2.58. The molecule has 0 aromatic heterocycles. The molecular weight excluding hydrogens is 354 g/mol. The van der Waals surface area contributed by atoms with Crippen LogP contribution in [0.4, 0.5) is 0 Å². The van der Waals surface area contributed by atoms with Crippen LogP contribution in [0.2, 0.25) is 39.3 Å². The van der Waals surface area contributed by atoms with Gasteiger partial charge in [0.1, 0.15) is 0 Å². The lowest BCUT2D eigenvalue weighted by atomic mass is 10.8. The molecular formula is C8H20Cl3O4PSi2. The largest absolute Gasteiger partial charge is 0.457 e. The summed E-state index contributed by atoms with van der Waals surface area (Å²) < 4.78 is 26.9. The quantitative estimate of drug-likeness (QED) is 0.350. The molecule has 0 spiro atoms. The fourth-order valence-corrected chi connectivity index (χ4v) is 8.09. The third-order valence-corrected chi connectivity index (χ3v) is 9.16. The highest BCUT2D eigenvalue weighted by molar-refractivity contribution is 7.52. The van der Waals surface area contributed by atoms with E-state index < -0.39 is 29.0 Å². The highest BCUT2D eigenvalue weighted by atomic mass is 35.5. The molecule has 10 heteroatoms. The predicted octanol–water partition coefficient (Wildman–Crippen LogP) is 5.18. The van der Waals surface area contributed by atoms with Gasteiger partial charge in [0.05, 0.1) is 5.88 Å². The summed E-state index contributed by atoms with van der Waals surface area (Å²) >= 11 is 17.1. The van der Waals surface area contributed by atoms with Gasteiger partial charge in [-0.1, -0.05) is 23.2 Å². The van der Waals surface area contributed by atoms with Crippen molar-refractivity contribution >= 4 is 59.3 Å². The Kier molecular flexibility index (Phi) is 6.96. The van der Waals surface area contributed by atoms with E-state index in [-0.39, 0.29) is 5.88 Å². The molecule has 0 heterocycles. The Bertz CT molecular complexity index is 307. The van der Waals surface area contributed by atoms with Crippen LogP contribution in [0, 0.1) is 0 Å². The smallest absolute Gasteiger partial charge is 0.331 e. The van der Waals surface area contributed by atoms with Crippen molar-refractivity contribution in [3.05, 3.63) is 0 Å². The molecule has 0 fully saturated rings. The minimum Gasteiger partial charge on any atom is -0.331 e. The van der Waals surface area contributed by atoms with E-state index in [0.29, 0.717) is 0 Å². The number of halogens is 3. The first-order valence-electron chi connectivity index (χ1n) is 5.34. The van der Waals surface area contributed by atoms with Gasteiger partial charge in [0, 0.05) is 0 Å². The molecule has 4 nitrogen and oxygen atoms in total. The zero-order valence-electron chi connectivity index (χ0n) is 11.4. The number of phosphoric acid groups is 1. The topological polar surface area (TPSA) is 44.8 Å². The molecule has 0 aromatic rings. The van der Waals surface area contributed by atoms with Gasteiger partial charge in [-0.3, -0.25) is 0 Å². The van der Waals surface area contributed by atoms with Gasteiger partial charge in [-0.25, -0.2) is 9.09 Å². The van der Waals surface area contributed by atoms with Gasteiger partial charge in [0.25, 0.3) is 0 Å². The second-order valence-electron chi connectivity index (χ2n) is 5.72. The average Bonchev–Trinajstić information content (AvgIpc) is 1.93. The first kappa shape index (κ1) is 19.4. The number of rotatable bonds is 7. The van der Waals surface area contributed by atoms with E-state index >= 15 is 0 Å². The normalized spacial score (nSPS) is 14.9. The molecule has 0 N–H and O–H groups in total. The first-order chi connectivity index (χ1) is 7.68. The summed E-state index contributed by atoms with van der Waals surface area (Å²) in [5.41, 5.74) is 0. The van der Waals surface area contributed by atoms with Crippen molar-refractivity contribution in [3.63, 3.8) is 0 Å². The fourth-order valence-electron chi connectivity index (χ4n) is 0.915. The Morgan fingerprint density at radius 3 is 1.56 bits per heavy atom. The standard InChI is InChI=1S/C8H20Cl3O4PSi2/c1-17(2,3)14-16(12,15-18(4,5)6)13-8(10,11)7-9/h7H2,1-6H3. The third-order valence-electron chi connectivity index (χ3n) is 1.17. The second-order valence-corrected chi connectivity index (χ2v) is 18.4. The monoisotopic (exact) mass is 372 g/mol. The highest BCUT2D eigenvalue weighted by Gasteiger charge is 2.44. The third kappa shape index (κ3) is 9.34. The van der Waals surface area contributed by atoms with Gasteiger partial charge < -0.3 is 8.43 Å². The Labute approximate surface area is 126 Å². The summed E-state index contributed by atoms with van der Waals surface area (Å²) in [6.07, 6.45) is 0. The lowest BCUT2D eigenvalue weighted by Crippen LogP contribution is -2.33. The Morgan fingerprint density at radius 1 is 1.00 bits per heavy atom. The molecule has 0 radical (unpaired) electrons. The van der Waals surface area contributed by atoms with Crippen molar-refractivity contribution in [3.8, 4) is 0 Å². The lowest BCUT2D eigenvalue weighted by molar-refractivity contribution is 0.176. The number of alkyl halides is 3. The molecule has 0 atom stereocenters. The summed E-state index contributed by atoms with van der Waals surface area (Å²) in [5, 5.41) is 0. The minimum atomic E-state index is -3.83. The lowest BCUT2D eigenvalue weighted by Gasteiger charge is -2.32. The van der Waals surface area contributed by atoms with E-state index in [1.807, 2.05) is 39.3 Å². The average molecular weight is 374 g/mol. The van der Waals surface area contributed by atoms with Crippen LogP contribution in [0.5, 0.6) is 0 Å². The zero-order chi connectivity index (χ0) is 14.8. The van der Waals surface area contributed by atoms with Gasteiger partial charge >= 0.3 is 7.82 Å². The van der Waals surface area contributed by atoms with Crippen molar-refractivity contribution in [2.75, 3.05) is 5.88 Å². The molecule has 0 unspecified atom stereocenters. The van der Waals surface area contributed by atoms with Crippen molar-refractivity contribution in [1.29, 1.82) is 0 Å². The Balaban J connectivity index is 5.11. The Morgan fingerprint density at radius 2 is 1.33 bits per heavy atom. The zero-order valence-corrected chi connectivity index (χ0v) is 16.6. The van der Waals surface area contributed by atoms with Gasteiger partial charge in [-0.05, 0) is 39.3 Å². The van der Waals surface area contributed by atoms with Crippen molar-refractivity contribution < 1.29 is 17.5 Å².